The molecule has 2 aliphatic rings. The van der Waals surface area contributed by atoms with Gasteiger partial charge in [-0.2, -0.15) is 9.47 Å². The van der Waals surface area contributed by atoms with Gasteiger partial charge >= 0.3 is 0 Å². The fourth-order valence-electron chi connectivity index (χ4n) is 4.44. The highest BCUT2D eigenvalue weighted by Gasteiger charge is 2.33. The first-order valence-corrected chi connectivity index (χ1v) is 11.7. The highest BCUT2D eigenvalue weighted by molar-refractivity contribution is 7.09. The maximum absolute atomic E-state index is 13.3. The molecule has 2 aliphatic carbocycles. The lowest BCUT2D eigenvalue weighted by molar-refractivity contribution is -0.117. The number of aromatic nitrogens is 4. The Labute approximate surface area is 184 Å². The Morgan fingerprint density at radius 1 is 1.06 bits per heavy atom. The molecule has 5 rings (SSSR count). The molecular formula is C23H25N5O2S. The average molecular weight is 436 g/mol. The summed E-state index contributed by atoms with van der Waals surface area (Å²) in [6.07, 6.45) is 8.16. The van der Waals surface area contributed by atoms with E-state index in [0.29, 0.717) is 23.0 Å². The number of carbonyl (C=O) groups is 2. The average Bonchev–Trinajstić information content (AvgIpc) is 3.29. The molecule has 7 nitrogen and oxygen atoms in total. The molecule has 2 saturated carbocycles. The van der Waals surface area contributed by atoms with E-state index in [1.807, 2.05) is 30.3 Å². The number of carbonyl (C=O) groups excluding carboxylic acids is 2. The summed E-state index contributed by atoms with van der Waals surface area (Å²) >= 11 is 1.25. The zero-order valence-electron chi connectivity index (χ0n) is 17.2. The van der Waals surface area contributed by atoms with E-state index in [9.17, 15) is 9.59 Å². The predicted molar refractivity (Wildman–Crippen MR) is 119 cm³/mol. The van der Waals surface area contributed by atoms with Crippen LogP contribution in [-0.2, 0) is 4.79 Å². The highest BCUT2D eigenvalue weighted by Crippen LogP contribution is 2.39. The first kappa shape index (κ1) is 20.1. The normalized spacial score (nSPS) is 21.0. The van der Waals surface area contributed by atoms with E-state index in [4.69, 9.17) is 0 Å². The Hall–Kier alpha value is -2.87. The van der Waals surface area contributed by atoms with Gasteiger partial charge in [0.05, 0.1) is 5.69 Å². The lowest BCUT2D eigenvalue weighted by Gasteiger charge is -2.30. The van der Waals surface area contributed by atoms with Crippen LogP contribution in [0.5, 0.6) is 0 Å². The molecule has 2 heterocycles. The zero-order chi connectivity index (χ0) is 21.2. The lowest BCUT2D eigenvalue weighted by atomic mass is 9.74. The molecule has 2 atom stereocenters. The van der Waals surface area contributed by atoms with Crippen molar-refractivity contribution in [2.75, 3.05) is 5.32 Å². The number of H-pyrrole nitrogens is 1. The van der Waals surface area contributed by atoms with Crippen LogP contribution in [0, 0.1) is 11.8 Å². The van der Waals surface area contributed by atoms with Crippen LogP contribution in [0.1, 0.15) is 67.0 Å². The van der Waals surface area contributed by atoms with Crippen molar-refractivity contribution >= 4 is 28.4 Å². The number of hydrogen-bond acceptors (Lipinski definition) is 6. The molecule has 0 spiro atoms. The van der Waals surface area contributed by atoms with Crippen molar-refractivity contribution in [3.8, 4) is 11.3 Å². The molecule has 3 aromatic rings. The van der Waals surface area contributed by atoms with Crippen LogP contribution < -0.4 is 5.32 Å². The topological polar surface area (TPSA) is 101 Å². The summed E-state index contributed by atoms with van der Waals surface area (Å²) < 4.78 is 4.34. The van der Waals surface area contributed by atoms with Crippen molar-refractivity contribution in [3.05, 3.63) is 47.9 Å². The van der Waals surface area contributed by atoms with Crippen LogP contribution in [0.3, 0.4) is 0 Å². The van der Waals surface area contributed by atoms with Gasteiger partial charge in [0.25, 0.3) is 0 Å². The van der Waals surface area contributed by atoms with Crippen LogP contribution in [0.4, 0.5) is 5.13 Å². The van der Waals surface area contributed by atoms with Crippen molar-refractivity contribution in [1.82, 2.24) is 19.6 Å². The number of rotatable bonds is 7. The van der Waals surface area contributed by atoms with E-state index >= 15 is 0 Å². The van der Waals surface area contributed by atoms with E-state index in [1.165, 1.54) is 11.5 Å². The molecule has 0 aliphatic heterocycles. The van der Waals surface area contributed by atoms with Crippen molar-refractivity contribution in [1.29, 1.82) is 0 Å². The minimum absolute atomic E-state index is 0.0596. The third kappa shape index (κ3) is 4.58. The molecular weight excluding hydrogens is 410 g/mol. The molecule has 1 amide bonds. The Bertz CT molecular complexity index is 1060. The molecule has 0 saturated heterocycles. The Kier molecular flexibility index (Phi) is 5.63. The van der Waals surface area contributed by atoms with Gasteiger partial charge < -0.3 is 5.32 Å². The maximum atomic E-state index is 13.3. The van der Waals surface area contributed by atoms with E-state index in [1.54, 1.807) is 6.20 Å². The summed E-state index contributed by atoms with van der Waals surface area (Å²) in [6, 6.07) is 9.55. The fraction of sp³-hybridized carbons (Fsp3) is 0.435. The SMILES string of the molecule is O=C(CC1CCCCC1C(=O)c1ccc(-c2ccn[nH]2)cc1)Nc1nc(C2CC2)ns1. The molecule has 1 aromatic carbocycles. The molecule has 0 radical (unpaired) electrons. The molecule has 160 valence electrons. The molecule has 2 fully saturated rings. The molecule has 31 heavy (non-hydrogen) atoms. The number of ketones is 1. The van der Waals surface area contributed by atoms with Gasteiger partial charge in [0, 0.05) is 41.5 Å². The lowest BCUT2D eigenvalue weighted by Crippen LogP contribution is -2.30. The Morgan fingerprint density at radius 2 is 1.87 bits per heavy atom. The van der Waals surface area contributed by atoms with Gasteiger partial charge in [0.15, 0.2) is 5.78 Å². The maximum Gasteiger partial charge on any atom is 0.226 e. The quantitative estimate of drug-likeness (QED) is 0.518. The van der Waals surface area contributed by atoms with Crippen LogP contribution >= 0.6 is 11.5 Å². The Morgan fingerprint density at radius 3 is 2.61 bits per heavy atom. The zero-order valence-corrected chi connectivity index (χ0v) is 18.0. The van der Waals surface area contributed by atoms with Gasteiger partial charge in [0.2, 0.25) is 11.0 Å². The minimum Gasteiger partial charge on any atom is -0.301 e. The smallest absolute Gasteiger partial charge is 0.226 e. The van der Waals surface area contributed by atoms with Gasteiger partial charge in [-0.1, -0.05) is 37.1 Å². The molecule has 2 N–H and O–H groups in total. The largest absolute Gasteiger partial charge is 0.301 e. The number of anilines is 1. The number of benzene rings is 1. The van der Waals surface area contributed by atoms with Crippen molar-refractivity contribution in [3.63, 3.8) is 0 Å². The number of hydrogen-bond donors (Lipinski definition) is 2. The second-order valence-electron chi connectivity index (χ2n) is 8.55. The summed E-state index contributed by atoms with van der Waals surface area (Å²) in [5.74, 6) is 1.34. The second-order valence-corrected chi connectivity index (χ2v) is 9.30. The van der Waals surface area contributed by atoms with Crippen LogP contribution in [0.2, 0.25) is 0 Å². The highest BCUT2D eigenvalue weighted by atomic mass is 32.1. The van der Waals surface area contributed by atoms with Crippen LogP contribution in [-0.4, -0.2) is 31.2 Å². The van der Waals surface area contributed by atoms with Crippen LogP contribution in [0.25, 0.3) is 11.3 Å². The summed E-state index contributed by atoms with van der Waals surface area (Å²) in [6.45, 7) is 0. The molecule has 2 aromatic heterocycles. The first-order valence-electron chi connectivity index (χ1n) is 10.9. The predicted octanol–water partition coefficient (Wildman–Crippen LogP) is 4.82. The minimum atomic E-state index is -0.117. The molecule has 8 heteroatoms. The summed E-state index contributed by atoms with van der Waals surface area (Å²) in [5, 5.41) is 10.4. The molecule has 0 bridgehead atoms. The third-order valence-corrected chi connectivity index (χ3v) is 6.95. The second kappa shape index (κ2) is 8.70. The number of nitrogens with zero attached hydrogens (tertiary/aromatic N) is 3. The van der Waals surface area contributed by atoms with E-state index in [2.05, 4.69) is 24.9 Å². The van der Waals surface area contributed by atoms with E-state index in [0.717, 1.165) is 55.6 Å². The number of Topliss-reactive ketones (excluding diaryl/α,β-unsaturated/α-hetero) is 1. The summed E-state index contributed by atoms with van der Waals surface area (Å²) in [5.41, 5.74) is 2.63. The van der Waals surface area contributed by atoms with Crippen molar-refractivity contribution in [2.24, 2.45) is 11.8 Å². The number of nitrogens with one attached hydrogen (secondary N) is 2. The third-order valence-electron chi connectivity index (χ3n) is 6.31. The van der Waals surface area contributed by atoms with E-state index < -0.39 is 0 Å². The van der Waals surface area contributed by atoms with Gasteiger partial charge in [-0.25, -0.2) is 4.98 Å². The summed E-state index contributed by atoms with van der Waals surface area (Å²) in [4.78, 5) is 30.4. The monoisotopic (exact) mass is 435 g/mol. The Balaban J connectivity index is 1.23. The summed E-state index contributed by atoms with van der Waals surface area (Å²) in [7, 11) is 0. The van der Waals surface area contributed by atoms with Gasteiger partial charge in [-0.3, -0.25) is 14.7 Å². The van der Waals surface area contributed by atoms with Gasteiger partial charge in [-0.05, 0) is 43.2 Å². The van der Waals surface area contributed by atoms with Crippen molar-refractivity contribution < 1.29 is 9.59 Å². The van der Waals surface area contributed by atoms with E-state index in [-0.39, 0.29) is 23.5 Å². The van der Waals surface area contributed by atoms with Gasteiger partial charge in [0.1, 0.15) is 5.82 Å². The van der Waals surface area contributed by atoms with Crippen LogP contribution in [0.15, 0.2) is 36.5 Å². The van der Waals surface area contributed by atoms with Gasteiger partial charge in [-0.15, -0.1) is 0 Å². The number of aromatic amines is 1. The van der Waals surface area contributed by atoms with Crippen molar-refractivity contribution in [2.45, 2.75) is 50.9 Å². The fourth-order valence-corrected chi connectivity index (χ4v) is 5.11. The standard InChI is InChI=1S/C23H25N5O2S/c29-20(25-23-26-22(28-31-23)16-9-10-16)13-17-3-1-2-4-18(17)21(30)15-7-5-14(6-8-15)19-11-12-24-27-19/h5-8,11-12,16-18H,1-4,9-10,13H2,(H,24,27)(H,25,26,28,29). The molecule has 2 unspecified atom stereocenters. The number of amides is 1. The first-order chi connectivity index (χ1) is 15.2.